The molecule has 1 fully saturated rings. The van der Waals surface area contributed by atoms with E-state index in [4.69, 9.17) is 5.73 Å². The molecule has 2 heteroatoms. The van der Waals surface area contributed by atoms with Gasteiger partial charge in [0.2, 0.25) is 0 Å². The molecule has 0 amide bonds. The van der Waals surface area contributed by atoms with Gasteiger partial charge in [-0.3, -0.25) is 0 Å². The molecule has 0 radical (unpaired) electrons. The van der Waals surface area contributed by atoms with E-state index in [1.165, 1.54) is 12.8 Å². The van der Waals surface area contributed by atoms with Gasteiger partial charge >= 0.3 is 0 Å². The maximum absolute atomic E-state index is 5.23. The molecule has 10 heavy (non-hydrogen) atoms. The quantitative estimate of drug-likeness (QED) is 0.586. The van der Waals surface area contributed by atoms with Crippen molar-refractivity contribution in [3.05, 3.63) is 24.6 Å². The number of hydrogen-bond donors (Lipinski definition) is 1. The van der Waals surface area contributed by atoms with Crippen molar-refractivity contribution in [1.82, 2.24) is 0 Å². The molecule has 2 N–H and O–H groups in total. The van der Waals surface area contributed by atoms with Crippen molar-refractivity contribution in [3.63, 3.8) is 0 Å². The Bertz CT molecular complexity index is 187. The van der Waals surface area contributed by atoms with Gasteiger partial charge in [-0.15, -0.1) is 0 Å². The fourth-order valence-electron chi connectivity index (χ4n) is 0.725. The lowest BCUT2D eigenvalue weighted by molar-refractivity contribution is 1.08. The van der Waals surface area contributed by atoms with E-state index in [0.29, 0.717) is 11.7 Å². The smallest absolute Gasteiger partial charge is 0.115 e. The third-order valence-electron chi connectivity index (χ3n) is 1.50. The standard InChI is InChI=1S/C8H12N2/c1-6(8-3-4-8)5-10-7(2)9/h5,8H,1-4,9H2/b10-5-. The lowest BCUT2D eigenvalue weighted by atomic mass is 10.2. The molecule has 0 spiro atoms. The predicted molar refractivity (Wildman–Crippen MR) is 43.7 cm³/mol. The largest absolute Gasteiger partial charge is 0.384 e. The van der Waals surface area contributed by atoms with Gasteiger partial charge in [0.25, 0.3) is 0 Å². The van der Waals surface area contributed by atoms with Gasteiger partial charge in [-0.1, -0.05) is 13.2 Å². The number of nitrogens with zero attached hydrogens (tertiary/aromatic N) is 1. The van der Waals surface area contributed by atoms with Crippen LogP contribution < -0.4 is 5.73 Å². The van der Waals surface area contributed by atoms with Gasteiger partial charge in [0, 0.05) is 6.21 Å². The van der Waals surface area contributed by atoms with Crippen LogP contribution in [0.3, 0.4) is 0 Å². The molecule has 0 unspecified atom stereocenters. The third kappa shape index (κ3) is 2.05. The molecule has 1 rings (SSSR count). The van der Waals surface area contributed by atoms with Crippen molar-refractivity contribution < 1.29 is 0 Å². The first-order valence-electron chi connectivity index (χ1n) is 3.37. The zero-order valence-corrected chi connectivity index (χ0v) is 6.01. The highest BCUT2D eigenvalue weighted by Gasteiger charge is 2.22. The molecule has 2 nitrogen and oxygen atoms in total. The molecule has 0 heterocycles. The molecular weight excluding hydrogens is 124 g/mol. The fourth-order valence-corrected chi connectivity index (χ4v) is 0.725. The molecule has 54 valence electrons. The second kappa shape index (κ2) is 2.69. The molecule has 0 aromatic carbocycles. The normalized spacial score (nSPS) is 17.6. The summed E-state index contributed by atoms with van der Waals surface area (Å²) in [4.78, 5) is 3.84. The summed E-state index contributed by atoms with van der Waals surface area (Å²) in [7, 11) is 0. The summed E-state index contributed by atoms with van der Waals surface area (Å²) in [6.07, 6.45) is 4.21. The Labute approximate surface area is 61.1 Å². The molecule has 0 aromatic rings. The third-order valence-corrected chi connectivity index (χ3v) is 1.50. The van der Waals surface area contributed by atoms with Crippen molar-refractivity contribution >= 4 is 6.21 Å². The summed E-state index contributed by atoms with van der Waals surface area (Å²) in [6, 6.07) is 0. The molecular formula is C8H12N2. The maximum Gasteiger partial charge on any atom is 0.115 e. The molecule has 1 aliphatic carbocycles. The highest BCUT2D eigenvalue weighted by atomic mass is 14.9. The van der Waals surface area contributed by atoms with Crippen LogP contribution in [0.4, 0.5) is 0 Å². The summed E-state index contributed by atoms with van der Waals surface area (Å²) >= 11 is 0. The SMILES string of the molecule is C=C(N)/N=C\C(=C)C1CC1. The van der Waals surface area contributed by atoms with Gasteiger partial charge in [0.1, 0.15) is 5.82 Å². The highest BCUT2D eigenvalue weighted by Crippen LogP contribution is 2.34. The second-order valence-electron chi connectivity index (χ2n) is 2.60. The molecule has 0 atom stereocenters. The zero-order valence-electron chi connectivity index (χ0n) is 6.01. The maximum atomic E-state index is 5.23. The Balaban J connectivity index is 2.36. The molecule has 0 aliphatic heterocycles. The van der Waals surface area contributed by atoms with Crippen molar-refractivity contribution in [3.8, 4) is 0 Å². The number of aliphatic imine (C=N–C) groups is 1. The van der Waals surface area contributed by atoms with Crippen LogP contribution in [0.25, 0.3) is 0 Å². The molecule has 1 aliphatic rings. The molecule has 0 bridgehead atoms. The first kappa shape index (κ1) is 7.06. The van der Waals surface area contributed by atoms with Crippen LogP contribution in [0.1, 0.15) is 12.8 Å². The van der Waals surface area contributed by atoms with Crippen LogP contribution in [0, 0.1) is 5.92 Å². The van der Waals surface area contributed by atoms with Crippen LogP contribution in [0.5, 0.6) is 0 Å². The van der Waals surface area contributed by atoms with Gasteiger partial charge in [0.05, 0.1) is 0 Å². The lowest BCUT2D eigenvalue weighted by Crippen LogP contribution is -1.92. The number of nitrogens with two attached hydrogens (primary N) is 1. The van der Waals surface area contributed by atoms with Gasteiger partial charge < -0.3 is 5.73 Å². The molecule has 0 aromatic heterocycles. The topological polar surface area (TPSA) is 38.4 Å². The second-order valence-corrected chi connectivity index (χ2v) is 2.60. The zero-order chi connectivity index (χ0) is 7.56. The molecule has 1 saturated carbocycles. The van der Waals surface area contributed by atoms with Crippen molar-refractivity contribution in [2.75, 3.05) is 0 Å². The monoisotopic (exact) mass is 136 g/mol. The summed E-state index contributed by atoms with van der Waals surface area (Å²) < 4.78 is 0. The van der Waals surface area contributed by atoms with E-state index >= 15 is 0 Å². The van der Waals surface area contributed by atoms with Gasteiger partial charge in [-0.05, 0) is 24.3 Å². The van der Waals surface area contributed by atoms with Gasteiger partial charge in [0.15, 0.2) is 0 Å². The minimum atomic E-state index is 0.349. The van der Waals surface area contributed by atoms with E-state index < -0.39 is 0 Å². The van der Waals surface area contributed by atoms with Crippen LogP contribution in [0.15, 0.2) is 29.5 Å². The van der Waals surface area contributed by atoms with Gasteiger partial charge in [-0.25, -0.2) is 4.99 Å². The van der Waals surface area contributed by atoms with E-state index in [1.807, 2.05) is 0 Å². The van der Waals surface area contributed by atoms with Crippen LogP contribution in [-0.2, 0) is 0 Å². The Kier molecular flexibility index (Phi) is 1.90. The van der Waals surface area contributed by atoms with Crippen LogP contribution >= 0.6 is 0 Å². The fraction of sp³-hybridized carbons (Fsp3) is 0.375. The van der Waals surface area contributed by atoms with E-state index in [0.717, 1.165) is 5.57 Å². The number of rotatable bonds is 3. The minimum Gasteiger partial charge on any atom is -0.384 e. The van der Waals surface area contributed by atoms with Crippen molar-refractivity contribution in [2.45, 2.75) is 12.8 Å². The Hall–Kier alpha value is -1.05. The van der Waals surface area contributed by atoms with E-state index in [1.54, 1.807) is 6.21 Å². The summed E-state index contributed by atoms with van der Waals surface area (Å²) in [5.41, 5.74) is 6.30. The average molecular weight is 136 g/mol. The van der Waals surface area contributed by atoms with E-state index in [9.17, 15) is 0 Å². The van der Waals surface area contributed by atoms with Crippen molar-refractivity contribution in [1.29, 1.82) is 0 Å². The Morgan fingerprint density at radius 1 is 1.50 bits per heavy atom. The van der Waals surface area contributed by atoms with E-state index in [2.05, 4.69) is 18.2 Å². The highest BCUT2D eigenvalue weighted by molar-refractivity contribution is 5.79. The lowest BCUT2D eigenvalue weighted by Gasteiger charge is -1.91. The van der Waals surface area contributed by atoms with Gasteiger partial charge in [-0.2, -0.15) is 0 Å². The predicted octanol–water partition coefficient (Wildman–Crippen LogP) is 1.45. The number of allylic oxidation sites excluding steroid dienone is 1. The first-order chi connectivity index (χ1) is 4.70. The average Bonchev–Trinajstić information content (AvgIpc) is 2.63. The van der Waals surface area contributed by atoms with Crippen molar-refractivity contribution in [2.24, 2.45) is 16.6 Å². The first-order valence-corrected chi connectivity index (χ1v) is 3.37. The molecule has 0 saturated heterocycles. The van der Waals surface area contributed by atoms with Crippen LogP contribution in [-0.4, -0.2) is 6.21 Å². The summed E-state index contributed by atoms with van der Waals surface area (Å²) in [6.45, 7) is 7.29. The Morgan fingerprint density at radius 2 is 2.10 bits per heavy atom. The summed E-state index contributed by atoms with van der Waals surface area (Å²) in [5, 5.41) is 0. The minimum absolute atomic E-state index is 0.349. The summed E-state index contributed by atoms with van der Waals surface area (Å²) in [5.74, 6) is 1.02. The Morgan fingerprint density at radius 3 is 2.50 bits per heavy atom. The number of hydrogen-bond acceptors (Lipinski definition) is 2. The van der Waals surface area contributed by atoms with Crippen LogP contribution in [0.2, 0.25) is 0 Å². The van der Waals surface area contributed by atoms with E-state index in [-0.39, 0.29) is 0 Å².